The predicted octanol–water partition coefficient (Wildman–Crippen LogP) is 1.35. The molecule has 2 heterocycles. The molecule has 1 aliphatic rings. The molecule has 1 fully saturated rings. The van der Waals surface area contributed by atoms with Gasteiger partial charge in [0.1, 0.15) is 0 Å². The smallest absolute Gasteiger partial charge is 0.335 e. The fourth-order valence-electron chi connectivity index (χ4n) is 2.85. The van der Waals surface area contributed by atoms with Crippen LogP contribution in [-0.4, -0.2) is 51.9 Å². The zero-order chi connectivity index (χ0) is 15.7. The number of carbonyl (C=O) groups is 1. The Morgan fingerprint density at radius 3 is 3.09 bits per heavy atom. The average molecular weight is 319 g/mol. The summed E-state index contributed by atoms with van der Waals surface area (Å²) < 4.78 is 5.52. The lowest BCUT2D eigenvalue weighted by atomic mass is 10.0. The van der Waals surface area contributed by atoms with Crippen molar-refractivity contribution in [3.8, 4) is 0 Å². The molecular weight excluding hydrogens is 302 g/mol. The molecule has 0 bridgehead atoms. The highest BCUT2D eigenvalue weighted by Crippen LogP contribution is 2.23. The normalized spacial score (nSPS) is 18.5. The summed E-state index contributed by atoms with van der Waals surface area (Å²) in [7, 11) is 0. The first-order valence-electron chi connectivity index (χ1n) is 7.03. The summed E-state index contributed by atoms with van der Waals surface area (Å²) in [6.45, 7) is 1.86. The summed E-state index contributed by atoms with van der Waals surface area (Å²) >= 11 is 5.10. The molecule has 0 radical (unpaired) electrons. The standard InChI is InChI=1S/C15H17N3O3S/c16-15(22)18-3-4-21-8-11(18)5-10-7-17-13-2-1-9(14(19)20)6-12(10)13/h1-2,6-7,11,17H,3-5,8H2,(H2,16,22)(H,19,20)/t11-/m0/s1. The summed E-state index contributed by atoms with van der Waals surface area (Å²) in [4.78, 5) is 16.3. The molecule has 0 saturated carbocycles. The van der Waals surface area contributed by atoms with Crippen molar-refractivity contribution in [2.45, 2.75) is 12.5 Å². The molecule has 0 aliphatic carbocycles. The SMILES string of the molecule is NC(=S)N1CCOC[C@@H]1Cc1c[nH]c2ccc(C(=O)O)cc12. The van der Waals surface area contributed by atoms with Gasteiger partial charge in [-0.3, -0.25) is 0 Å². The number of aromatic carboxylic acids is 1. The summed E-state index contributed by atoms with van der Waals surface area (Å²) in [5.74, 6) is -0.931. The van der Waals surface area contributed by atoms with Crippen LogP contribution in [0.4, 0.5) is 0 Å². The Bertz CT molecular complexity index is 728. The van der Waals surface area contributed by atoms with E-state index in [0.29, 0.717) is 31.3 Å². The average Bonchev–Trinajstić information content (AvgIpc) is 2.90. The van der Waals surface area contributed by atoms with Gasteiger partial charge in [0, 0.05) is 23.6 Å². The number of hydrogen-bond acceptors (Lipinski definition) is 3. The Hall–Kier alpha value is -2.12. The number of nitrogens with two attached hydrogens (primary N) is 1. The number of rotatable bonds is 3. The second kappa shape index (κ2) is 5.94. The largest absolute Gasteiger partial charge is 0.478 e. The van der Waals surface area contributed by atoms with E-state index in [1.54, 1.807) is 18.2 Å². The number of fused-ring (bicyclic) bond motifs is 1. The van der Waals surface area contributed by atoms with Gasteiger partial charge >= 0.3 is 5.97 Å². The lowest BCUT2D eigenvalue weighted by Gasteiger charge is -2.36. The lowest BCUT2D eigenvalue weighted by molar-refractivity contribution is 0.0274. The van der Waals surface area contributed by atoms with Gasteiger partial charge in [0.2, 0.25) is 0 Å². The maximum absolute atomic E-state index is 11.1. The van der Waals surface area contributed by atoms with Gasteiger partial charge < -0.3 is 25.5 Å². The number of benzene rings is 1. The molecule has 0 unspecified atom stereocenters. The first-order valence-corrected chi connectivity index (χ1v) is 7.44. The van der Waals surface area contributed by atoms with E-state index in [1.807, 2.05) is 11.1 Å². The van der Waals surface area contributed by atoms with Crippen LogP contribution in [0, 0.1) is 0 Å². The summed E-state index contributed by atoms with van der Waals surface area (Å²) in [5.41, 5.74) is 8.01. The highest BCUT2D eigenvalue weighted by atomic mass is 32.1. The van der Waals surface area contributed by atoms with E-state index >= 15 is 0 Å². The van der Waals surface area contributed by atoms with Crippen molar-refractivity contribution < 1.29 is 14.6 Å². The highest BCUT2D eigenvalue weighted by molar-refractivity contribution is 7.80. The Morgan fingerprint density at radius 1 is 1.55 bits per heavy atom. The topological polar surface area (TPSA) is 91.6 Å². The first-order chi connectivity index (χ1) is 10.6. The van der Waals surface area contributed by atoms with Gasteiger partial charge in [-0.2, -0.15) is 0 Å². The van der Waals surface area contributed by atoms with Crippen LogP contribution in [0.2, 0.25) is 0 Å². The van der Waals surface area contributed by atoms with Crippen LogP contribution in [0.1, 0.15) is 15.9 Å². The van der Waals surface area contributed by atoms with Crippen LogP contribution in [0.15, 0.2) is 24.4 Å². The molecule has 0 amide bonds. The minimum Gasteiger partial charge on any atom is -0.478 e. The van der Waals surface area contributed by atoms with E-state index < -0.39 is 5.97 Å². The number of carboxylic acid groups (broad SMARTS) is 1. The minimum atomic E-state index is -0.931. The molecule has 3 rings (SSSR count). The van der Waals surface area contributed by atoms with Crippen LogP contribution in [0.25, 0.3) is 10.9 Å². The predicted molar refractivity (Wildman–Crippen MR) is 87.1 cm³/mol. The Labute approximate surface area is 132 Å². The third-order valence-electron chi connectivity index (χ3n) is 3.98. The molecule has 1 aromatic carbocycles. The molecule has 2 aromatic rings. The van der Waals surface area contributed by atoms with Crippen molar-refractivity contribution in [1.29, 1.82) is 0 Å². The van der Waals surface area contributed by atoms with E-state index in [-0.39, 0.29) is 11.6 Å². The summed E-state index contributed by atoms with van der Waals surface area (Å²) in [6, 6.07) is 5.14. The number of nitrogens with zero attached hydrogens (tertiary/aromatic N) is 1. The second-order valence-corrected chi connectivity index (χ2v) is 5.76. The third kappa shape index (κ3) is 2.77. The number of hydrogen-bond donors (Lipinski definition) is 3. The van der Waals surface area contributed by atoms with Crippen LogP contribution < -0.4 is 5.73 Å². The van der Waals surface area contributed by atoms with Crippen molar-refractivity contribution >= 4 is 34.2 Å². The number of carboxylic acids is 1. The zero-order valence-corrected chi connectivity index (χ0v) is 12.7. The van der Waals surface area contributed by atoms with Gasteiger partial charge in [-0.15, -0.1) is 0 Å². The van der Waals surface area contributed by atoms with Crippen LogP contribution in [-0.2, 0) is 11.2 Å². The molecule has 1 aliphatic heterocycles. The fourth-order valence-corrected chi connectivity index (χ4v) is 3.09. The van der Waals surface area contributed by atoms with Gasteiger partial charge in [-0.1, -0.05) is 0 Å². The Balaban J connectivity index is 1.91. The summed E-state index contributed by atoms with van der Waals surface area (Å²) in [5, 5.41) is 10.4. The Morgan fingerprint density at radius 2 is 2.36 bits per heavy atom. The van der Waals surface area contributed by atoms with Crippen LogP contribution >= 0.6 is 12.2 Å². The van der Waals surface area contributed by atoms with E-state index in [1.165, 1.54) is 0 Å². The maximum atomic E-state index is 11.1. The number of aromatic nitrogens is 1. The number of thiocarbonyl (C=S) groups is 1. The van der Waals surface area contributed by atoms with Crippen molar-refractivity contribution in [2.75, 3.05) is 19.8 Å². The molecule has 22 heavy (non-hydrogen) atoms. The quantitative estimate of drug-likeness (QED) is 0.740. The highest BCUT2D eigenvalue weighted by Gasteiger charge is 2.25. The molecule has 6 nitrogen and oxygen atoms in total. The molecular formula is C15H17N3O3S. The van der Waals surface area contributed by atoms with Crippen molar-refractivity contribution in [3.05, 3.63) is 35.5 Å². The van der Waals surface area contributed by atoms with E-state index in [4.69, 9.17) is 27.8 Å². The van der Waals surface area contributed by atoms with Crippen molar-refractivity contribution in [3.63, 3.8) is 0 Å². The van der Waals surface area contributed by atoms with Crippen molar-refractivity contribution in [2.24, 2.45) is 5.73 Å². The number of aromatic amines is 1. The summed E-state index contributed by atoms with van der Waals surface area (Å²) in [6.07, 6.45) is 2.60. The number of ether oxygens (including phenoxy) is 1. The Kier molecular flexibility index (Phi) is 4.00. The van der Waals surface area contributed by atoms with Gasteiger partial charge in [0.15, 0.2) is 5.11 Å². The third-order valence-corrected chi connectivity index (χ3v) is 4.22. The molecule has 1 atom stereocenters. The molecule has 0 spiro atoms. The van der Waals surface area contributed by atoms with Gasteiger partial charge in [0.05, 0.1) is 24.8 Å². The van der Waals surface area contributed by atoms with Gasteiger partial charge in [0.25, 0.3) is 0 Å². The molecule has 4 N–H and O–H groups in total. The molecule has 1 aromatic heterocycles. The van der Waals surface area contributed by atoms with E-state index in [9.17, 15) is 4.79 Å². The molecule has 7 heteroatoms. The number of nitrogens with one attached hydrogen (secondary N) is 1. The van der Waals surface area contributed by atoms with Crippen LogP contribution in [0.5, 0.6) is 0 Å². The minimum absolute atomic E-state index is 0.0683. The lowest BCUT2D eigenvalue weighted by Crippen LogP contribution is -2.51. The second-order valence-electron chi connectivity index (χ2n) is 5.34. The monoisotopic (exact) mass is 319 g/mol. The number of H-pyrrole nitrogens is 1. The first kappa shape index (κ1) is 14.8. The molecule has 116 valence electrons. The fraction of sp³-hybridized carbons (Fsp3) is 0.333. The van der Waals surface area contributed by atoms with Gasteiger partial charge in [-0.05, 0) is 42.4 Å². The van der Waals surface area contributed by atoms with Crippen LogP contribution in [0.3, 0.4) is 0 Å². The van der Waals surface area contributed by atoms with E-state index in [2.05, 4.69) is 4.98 Å². The molecule has 1 saturated heterocycles. The van der Waals surface area contributed by atoms with Crippen molar-refractivity contribution in [1.82, 2.24) is 9.88 Å². The van der Waals surface area contributed by atoms with E-state index in [0.717, 1.165) is 16.5 Å². The number of morpholine rings is 1. The maximum Gasteiger partial charge on any atom is 0.335 e. The van der Waals surface area contributed by atoms with Gasteiger partial charge in [-0.25, -0.2) is 4.79 Å². The zero-order valence-electron chi connectivity index (χ0n) is 11.9.